The first-order valence-corrected chi connectivity index (χ1v) is 9.36. The normalized spacial score (nSPS) is 25.4. The van der Waals surface area contributed by atoms with Gasteiger partial charge in [0.2, 0.25) is 5.91 Å². The van der Waals surface area contributed by atoms with E-state index in [0.717, 1.165) is 56.4 Å². The molecule has 0 spiro atoms. The van der Waals surface area contributed by atoms with Gasteiger partial charge in [0.15, 0.2) is 0 Å². The second-order valence-corrected chi connectivity index (χ2v) is 7.50. The fourth-order valence-corrected chi connectivity index (χ4v) is 3.92. The van der Waals surface area contributed by atoms with Gasteiger partial charge in [0.05, 0.1) is 12.0 Å². The van der Waals surface area contributed by atoms with Gasteiger partial charge >= 0.3 is 0 Å². The van der Waals surface area contributed by atoms with Crippen LogP contribution in [0.15, 0.2) is 28.7 Å². The maximum absolute atomic E-state index is 12.4. The number of likely N-dealkylation sites (tertiary alicyclic amines) is 1. The summed E-state index contributed by atoms with van der Waals surface area (Å²) in [6, 6.07) is 8.41. The van der Waals surface area contributed by atoms with E-state index < -0.39 is 0 Å². The van der Waals surface area contributed by atoms with Crippen LogP contribution >= 0.6 is 15.9 Å². The van der Waals surface area contributed by atoms with Crippen molar-refractivity contribution in [2.45, 2.75) is 38.3 Å². The first kappa shape index (κ1) is 16.9. The van der Waals surface area contributed by atoms with Crippen LogP contribution in [-0.2, 0) is 16.1 Å². The lowest BCUT2D eigenvalue weighted by Crippen LogP contribution is -2.44. The Kier molecular flexibility index (Phi) is 6.08. The summed E-state index contributed by atoms with van der Waals surface area (Å²) in [5.74, 6) is 0.303. The van der Waals surface area contributed by atoms with Gasteiger partial charge in [-0.3, -0.25) is 9.69 Å². The molecule has 1 amide bonds. The zero-order valence-corrected chi connectivity index (χ0v) is 15.1. The van der Waals surface area contributed by atoms with E-state index in [4.69, 9.17) is 4.74 Å². The molecular weight excluding hydrogens is 356 g/mol. The van der Waals surface area contributed by atoms with Crippen molar-refractivity contribution in [3.63, 3.8) is 0 Å². The zero-order valence-electron chi connectivity index (χ0n) is 13.5. The van der Waals surface area contributed by atoms with E-state index in [1.54, 1.807) is 0 Å². The Morgan fingerprint density at radius 1 is 1.35 bits per heavy atom. The van der Waals surface area contributed by atoms with Crippen molar-refractivity contribution < 1.29 is 9.53 Å². The molecule has 5 heteroatoms. The lowest BCUT2D eigenvalue weighted by molar-refractivity contribution is -0.127. The van der Waals surface area contributed by atoms with Gasteiger partial charge in [-0.2, -0.15) is 0 Å². The summed E-state index contributed by atoms with van der Waals surface area (Å²) in [6.07, 6.45) is 4.49. The quantitative estimate of drug-likeness (QED) is 0.853. The van der Waals surface area contributed by atoms with Crippen molar-refractivity contribution in [2.75, 3.05) is 26.2 Å². The molecule has 2 aliphatic rings. The monoisotopic (exact) mass is 380 g/mol. The van der Waals surface area contributed by atoms with Crippen LogP contribution in [0.25, 0.3) is 0 Å². The van der Waals surface area contributed by atoms with Crippen molar-refractivity contribution >= 4 is 21.8 Å². The maximum Gasteiger partial charge on any atom is 0.224 e. The molecule has 2 unspecified atom stereocenters. The number of piperidine rings is 1. The summed E-state index contributed by atoms with van der Waals surface area (Å²) in [4.78, 5) is 14.8. The van der Waals surface area contributed by atoms with Gasteiger partial charge in [-0.05, 0) is 49.9 Å². The molecule has 1 aromatic rings. The molecular formula is C18H25BrN2O2. The van der Waals surface area contributed by atoms with E-state index in [0.29, 0.717) is 6.54 Å². The topological polar surface area (TPSA) is 41.6 Å². The summed E-state index contributed by atoms with van der Waals surface area (Å²) in [5.41, 5.74) is 1.29. The summed E-state index contributed by atoms with van der Waals surface area (Å²) in [7, 11) is 0. The minimum atomic E-state index is 0.109. The van der Waals surface area contributed by atoms with Crippen molar-refractivity contribution in [1.82, 2.24) is 10.2 Å². The van der Waals surface area contributed by atoms with Gasteiger partial charge < -0.3 is 10.1 Å². The van der Waals surface area contributed by atoms with Gasteiger partial charge in [-0.1, -0.05) is 28.1 Å². The van der Waals surface area contributed by atoms with Crippen LogP contribution < -0.4 is 5.32 Å². The summed E-state index contributed by atoms with van der Waals surface area (Å²) in [5, 5.41) is 3.09. The minimum Gasteiger partial charge on any atom is -0.376 e. The minimum absolute atomic E-state index is 0.109. The SMILES string of the molecule is O=C(NCC1CCCO1)C1CCCN(Cc2cccc(Br)c2)C1. The number of amides is 1. The van der Waals surface area contributed by atoms with Gasteiger partial charge in [0, 0.05) is 30.7 Å². The van der Waals surface area contributed by atoms with Crippen LogP contribution in [0.1, 0.15) is 31.2 Å². The molecule has 2 heterocycles. The third kappa shape index (κ3) is 5.03. The van der Waals surface area contributed by atoms with Crippen molar-refractivity contribution in [2.24, 2.45) is 5.92 Å². The molecule has 23 heavy (non-hydrogen) atoms. The molecule has 0 bridgehead atoms. The second kappa shape index (κ2) is 8.27. The molecule has 126 valence electrons. The lowest BCUT2D eigenvalue weighted by atomic mass is 9.96. The van der Waals surface area contributed by atoms with Crippen LogP contribution in [0.4, 0.5) is 0 Å². The number of hydrogen-bond donors (Lipinski definition) is 1. The standard InChI is InChI=1S/C18H25BrN2O2/c19-16-6-1-4-14(10-16)12-21-8-2-5-15(13-21)18(22)20-11-17-7-3-9-23-17/h1,4,6,10,15,17H,2-3,5,7-9,11-13H2,(H,20,22). The Balaban J connectivity index is 1.48. The van der Waals surface area contributed by atoms with E-state index in [2.05, 4.69) is 44.3 Å². The Bertz CT molecular complexity index is 532. The van der Waals surface area contributed by atoms with Gasteiger partial charge in [0.1, 0.15) is 0 Å². The predicted octanol–water partition coefficient (Wildman–Crippen LogP) is 2.96. The van der Waals surface area contributed by atoms with Crippen LogP contribution in [0.3, 0.4) is 0 Å². The lowest BCUT2D eigenvalue weighted by Gasteiger charge is -2.32. The number of halogens is 1. The van der Waals surface area contributed by atoms with Crippen molar-refractivity contribution in [3.05, 3.63) is 34.3 Å². The smallest absolute Gasteiger partial charge is 0.224 e. The molecule has 2 atom stereocenters. The number of carbonyl (C=O) groups excluding carboxylic acids is 1. The number of benzene rings is 1. The third-order valence-corrected chi connectivity index (χ3v) is 5.19. The second-order valence-electron chi connectivity index (χ2n) is 6.58. The highest BCUT2D eigenvalue weighted by molar-refractivity contribution is 9.10. The summed E-state index contributed by atoms with van der Waals surface area (Å²) >= 11 is 3.52. The number of rotatable bonds is 5. The molecule has 2 saturated heterocycles. The van der Waals surface area contributed by atoms with Gasteiger partial charge in [0.25, 0.3) is 0 Å². The van der Waals surface area contributed by atoms with Gasteiger partial charge in [-0.25, -0.2) is 0 Å². The molecule has 4 nitrogen and oxygen atoms in total. The molecule has 2 fully saturated rings. The molecule has 0 aliphatic carbocycles. The maximum atomic E-state index is 12.4. The Hall–Kier alpha value is -0.910. The Morgan fingerprint density at radius 3 is 3.04 bits per heavy atom. The van der Waals surface area contributed by atoms with E-state index in [9.17, 15) is 4.79 Å². The Morgan fingerprint density at radius 2 is 2.26 bits per heavy atom. The Labute approximate surface area is 146 Å². The fourth-order valence-electron chi connectivity index (χ4n) is 3.47. The fraction of sp³-hybridized carbons (Fsp3) is 0.611. The average molecular weight is 381 g/mol. The largest absolute Gasteiger partial charge is 0.376 e. The average Bonchev–Trinajstić information content (AvgIpc) is 3.06. The number of hydrogen-bond acceptors (Lipinski definition) is 3. The number of nitrogens with one attached hydrogen (secondary N) is 1. The highest BCUT2D eigenvalue weighted by atomic mass is 79.9. The van der Waals surface area contributed by atoms with Crippen LogP contribution in [-0.4, -0.2) is 43.2 Å². The third-order valence-electron chi connectivity index (χ3n) is 4.70. The number of nitrogens with zero attached hydrogens (tertiary/aromatic N) is 1. The summed E-state index contributed by atoms with van der Waals surface area (Å²) in [6.45, 7) is 4.34. The summed E-state index contributed by atoms with van der Waals surface area (Å²) < 4.78 is 6.68. The first-order valence-electron chi connectivity index (χ1n) is 8.57. The molecule has 0 radical (unpaired) electrons. The van der Waals surface area contributed by atoms with Crippen molar-refractivity contribution in [3.8, 4) is 0 Å². The van der Waals surface area contributed by atoms with Crippen molar-refractivity contribution in [1.29, 1.82) is 0 Å². The predicted molar refractivity (Wildman–Crippen MR) is 94.1 cm³/mol. The van der Waals surface area contributed by atoms with Crippen LogP contribution in [0.5, 0.6) is 0 Å². The van der Waals surface area contributed by atoms with Crippen LogP contribution in [0, 0.1) is 5.92 Å². The van der Waals surface area contributed by atoms with Crippen LogP contribution in [0.2, 0.25) is 0 Å². The highest BCUT2D eigenvalue weighted by Gasteiger charge is 2.26. The zero-order chi connectivity index (χ0) is 16.1. The molecule has 3 rings (SSSR count). The highest BCUT2D eigenvalue weighted by Crippen LogP contribution is 2.20. The first-order chi connectivity index (χ1) is 11.2. The van der Waals surface area contributed by atoms with E-state index in [1.807, 2.05) is 6.07 Å². The van der Waals surface area contributed by atoms with E-state index in [-0.39, 0.29) is 17.9 Å². The van der Waals surface area contributed by atoms with E-state index >= 15 is 0 Å². The number of ether oxygens (including phenoxy) is 1. The molecule has 1 N–H and O–H groups in total. The van der Waals surface area contributed by atoms with Gasteiger partial charge in [-0.15, -0.1) is 0 Å². The molecule has 0 aromatic heterocycles. The molecule has 1 aromatic carbocycles. The molecule has 2 aliphatic heterocycles. The number of carbonyl (C=O) groups is 1. The van der Waals surface area contributed by atoms with E-state index in [1.165, 1.54) is 5.56 Å². The molecule has 0 saturated carbocycles.